The summed E-state index contributed by atoms with van der Waals surface area (Å²) in [6.07, 6.45) is 0.641. The molecule has 0 aliphatic heterocycles. The first kappa shape index (κ1) is 19.4. The average molecular weight is 343 g/mol. The van der Waals surface area contributed by atoms with E-state index in [2.05, 4.69) is 10.0 Å². The first-order chi connectivity index (χ1) is 10.7. The fourth-order valence-corrected chi connectivity index (χ4v) is 3.36. The Hall–Kier alpha value is -1.64. The van der Waals surface area contributed by atoms with Crippen molar-refractivity contribution in [2.75, 3.05) is 13.7 Å². The third kappa shape index (κ3) is 5.81. The summed E-state index contributed by atoms with van der Waals surface area (Å²) >= 11 is 0. The second kappa shape index (κ2) is 8.28. The molecular formula is C15H25N3O4S. The number of carbonyl (C=O) groups is 1. The summed E-state index contributed by atoms with van der Waals surface area (Å²) in [6.45, 7) is 5.71. The van der Waals surface area contributed by atoms with Gasteiger partial charge in [-0.25, -0.2) is 13.1 Å². The minimum atomic E-state index is -3.77. The van der Waals surface area contributed by atoms with Crippen LogP contribution >= 0.6 is 0 Å². The number of benzene rings is 1. The molecule has 0 bridgehead atoms. The molecule has 1 atom stereocenters. The normalized spacial score (nSPS) is 13.0. The highest BCUT2D eigenvalue weighted by molar-refractivity contribution is 7.89. The van der Waals surface area contributed by atoms with Gasteiger partial charge in [0.1, 0.15) is 10.6 Å². The summed E-state index contributed by atoms with van der Waals surface area (Å²) in [7, 11) is -2.39. The van der Waals surface area contributed by atoms with Crippen LogP contribution in [0.15, 0.2) is 23.1 Å². The molecule has 0 saturated heterocycles. The summed E-state index contributed by atoms with van der Waals surface area (Å²) in [4.78, 5) is 12.1. The largest absolute Gasteiger partial charge is 0.495 e. The second-order valence-corrected chi connectivity index (χ2v) is 7.35. The topological polar surface area (TPSA) is 111 Å². The van der Waals surface area contributed by atoms with Crippen molar-refractivity contribution in [1.29, 1.82) is 0 Å². The van der Waals surface area contributed by atoms with Crippen molar-refractivity contribution in [2.45, 2.75) is 44.2 Å². The van der Waals surface area contributed by atoms with E-state index in [1.54, 1.807) is 13.8 Å². The SMILES string of the molecule is COc1ccc(C(=O)NCCC(C)N)cc1S(=O)(=O)NC(C)C. The van der Waals surface area contributed by atoms with Gasteiger partial charge >= 0.3 is 0 Å². The van der Waals surface area contributed by atoms with Gasteiger partial charge in [-0.15, -0.1) is 0 Å². The van der Waals surface area contributed by atoms with Crippen LogP contribution in [0.5, 0.6) is 5.75 Å². The van der Waals surface area contributed by atoms with Crippen LogP contribution in [-0.4, -0.2) is 40.1 Å². The van der Waals surface area contributed by atoms with Gasteiger partial charge in [0.15, 0.2) is 0 Å². The summed E-state index contributed by atoms with van der Waals surface area (Å²) in [5, 5.41) is 2.71. The van der Waals surface area contributed by atoms with Gasteiger partial charge in [-0.1, -0.05) is 0 Å². The first-order valence-corrected chi connectivity index (χ1v) is 8.90. The lowest BCUT2D eigenvalue weighted by molar-refractivity contribution is 0.0952. The van der Waals surface area contributed by atoms with E-state index in [9.17, 15) is 13.2 Å². The lowest BCUT2D eigenvalue weighted by Crippen LogP contribution is -2.31. The quantitative estimate of drug-likeness (QED) is 0.648. The Kier molecular flexibility index (Phi) is 6.99. The summed E-state index contributed by atoms with van der Waals surface area (Å²) in [6, 6.07) is 4.01. The van der Waals surface area contributed by atoms with Gasteiger partial charge in [-0.05, 0) is 45.4 Å². The monoisotopic (exact) mass is 343 g/mol. The van der Waals surface area contributed by atoms with Crippen molar-refractivity contribution in [1.82, 2.24) is 10.0 Å². The number of carbonyl (C=O) groups excluding carboxylic acids is 1. The van der Waals surface area contributed by atoms with E-state index in [1.165, 1.54) is 25.3 Å². The van der Waals surface area contributed by atoms with E-state index < -0.39 is 10.0 Å². The number of methoxy groups -OCH3 is 1. The highest BCUT2D eigenvalue weighted by Gasteiger charge is 2.22. The summed E-state index contributed by atoms with van der Waals surface area (Å²) in [5.74, 6) is -0.167. The maximum absolute atomic E-state index is 12.4. The molecule has 8 heteroatoms. The number of nitrogens with two attached hydrogens (primary N) is 1. The number of sulfonamides is 1. The number of nitrogens with one attached hydrogen (secondary N) is 2. The van der Waals surface area contributed by atoms with Crippen LogP contribution in [0.4, 0.5) is 0 Å². The molecule has 1 aromatic rings. The zero-order valence-electron chi connectivity index (χ0n) is 13.9. The molecular weight excluding hydrogens is 318 g/mol. The number of ether oxygens (including phenoxy) is 1. The van der Waals surface area contributed by atoms with Crippen LogP contribution in [0.1, 0.15) is 37.6 Å². The zero-order chi connectivity index (χ0) is 17.6. The highest BCUT2D eigenvalue weighted by Crippen LogP contribution is 2.25. The minimum Gasteiger partial charge on any atom is -0.495 e. The smallest absolute Gasteiger partial charge is 0.251 e. The van der Waals surface area contributed by atoms with E-state index in [0.717, 1.165) is 0 Å². The lowest BCUT2D eigenvalue weighted by atomic mass is 10.2. The van der Waals surface area contributed by atoms with E-state index in [1.807, 2.05) is 6.92 Å². The standard InChI is InChI=1S/C15H25N3O4S/c1-10(2)18-23(20,21)14-9-12(5-6-13(14)22-4)15(19)17-8-7-11(3)16/h5-6,9-11,18H,7-8,16H2,1-4H3,(H,17,19). The molecule has 0 fully saturated rings. The molecule has 4 N–H and O–H groups in total. The fourth-order valence-electron chi connectivity index (χ4n) is 1.92. The Balaban J connectivity index is 3.05. The van der Waals surface area contributed by atoms with Crippen LogP contribution in [0.2, 0.25) is 0 Å². The molecule has 23 heavy (non-hydrogen) atoms. The average Bonchev–Trinajstić information content (AvgIpc) is 2.44. The highest BCUT2D eigenvalue weighted by atomic mass is 32.2. The Bertz CT molecular complexity index is 642. The van der Waals surface area contributed by atoms with Crippen molar-refractivity contribution >= 4 is 15.9 Å². The van der Waals surface area contributed by atoms with Crippen molar-refractivity contribution in [3.63, 3.8) is 0 Å². The predicted molar refractivity (Wildman–Crippen MR) is 89.1 cm³/mol. The second-order valence-electron chi connectivity index (χ2n) is 5.66. The molecule has 0 aliphatic carbocycles. The van der Waals surface area contributed by atoms with Crippen molar-refractivity contribution < 1.29 is 17.9 Å². The molecule has 1 amide bonds. The van der Waals surface area contributed by atoms with Gasteiger partial charge in [0.05, 0.1) is 7.11 Å². The van der Waals surface area contributed by atoms with Crippen LogP contribution in [0, 0.1) is 0 Å². The Morgan fingerprint density at radius 1 is 1.30 bits per heavy atom. The Morgan fingerprint density at radius 3 is 2.48 bits per heavy atom. The minimum absolute atomic E-state index is 0.0163. The van der Waals surface area contributed by atoms with Crippen LogP contribution in [0.25, 0.3) is 0 Å². The molecule has 0 heterocycles. The van der Waals surface area contributed by atoms with Gasteiger partial charge in [-0.3, -0.25) is 4.79 Å². The van der Waals surface area contributed by atoms with Crippen molar-refractivity contribution in [3.8, 4) is 5.75 Å². The molecule has 0 spiro atoms. The maximum Gasteiger partial charge on any atom is 0.251 e. The molecule has 7 nitrogen and oxygen atoms in total. The molecule has 1 unspecified atom stereocenters. The third-order valence-electron chi connectivity index (χ3n) is 2.99. The predicted octanol–water partition coefficient (Wildman–Crippen LogP) is 0.849. The molecule has 0 radical (unpaired) electrons. The zero-order valence-corrected chi connectivity index (χ0v) is 14.7. The third-order valence-corrected chi connectivity index (χ3v) is 4.67. The summed E-state index contributed by atoms with van der Waals surface area (Å²) in [5.41, 5.74) is 5.88. The van der Waals surface area contributed by atoms with Crippen molar-refractivity contribution in [3.05, 3.63) is 23.8 Å². The van der Waals surface area contributed by atoms with E-state index in [-0.39, 0.29) is 34.2 Å². The van der Waals surface area contributed by atoms with Gasteiger partial charge in [-0.2, -0.15) is 0 Å². The molecule has 1 rings (SSSR count). The molecule has 1 aromatic carbocycles. The van der Waals surface area contributed by atoms with Crippen LogP contribution < -0.4 is 20.5 Å². The number of hydrogen-bond donors (Lipinski definition) is 3. The molecule has 0 aliphatic rings. The Labute approximate surface area is 137 Å². The fraction of sp³-hybridized carbons (Fsp3) is 0.533. The Morgan fingerprint density at radius 2 is 1.96 bits per heavy atom. The van der Waals surface area contributed by atoms with Gasteiger partial charge in [0.2, 0.25) is 10.0 Å². The van der Waals surface area contributed by atoms with Gasteiger partial charge in [0.25, 0.3) is 5.91 Å². The number of rotatable bonds is 8. The van der Waals surface area contributed by atoms with E-state index in [0.29, 0.717) is 13.0 Å². The van der Waals surface area contributed by atoms with E-state index >= 15 is 0 Å². The number of amides is 1. The summed E-state index contributed by atoms with van der Waals surface area (Å²) < 4.78 is 32.3. The molecule has 0 aromatic heterocycles. The molecule has 0 saturated carbocycles. The van der Waals surface area contributed by atoms with Crippen LogP contribution in [-0.2, 0) is 10.0 Å². The maximum atomic E-state index is 12.4. The number of hydrogen-bond acceptors (Lipinski definition) is 5. The van der Waals surface area contributed by atoms with Crippen molar-refractivity contribution in [2.24, 2.45) is 5.73 Å². The van der Waals surface area contributed by atoms with E-state index in [4.69, 9.17) is 10.5 Å². The van der Waals surface area contributed by atoms with Crippen LogP contribution in [0.3, 0.4) is 0 Å². The molecule has 130 valence electrons. The van der Waals surface area contributed by atoms with Gasteiger partial charge in [0, 0.05) is 24.2 Å². The first-order valence-electron chi connectivity index (χ1n) is 7.41. The lowest BCUT2D eigenvalue weighted by Gasteiger charge is -2.14. The van der Waals surface area contributed by atoms with Gasteiger partial charge < -0.3 is 15.8 Å².